The molecule has 2 aromatic rings. The highest BCUT2D eigenvalue weighted by Gasteiger charge is 2.06. The summed E-state index contributed by atoms with van der Waals surface area (Å²) in [5, 5.41) is 0. The van der Waals surface area contributed by atoms with Gasteiger partial charge in [0.2, 0.25) is 0 Å². The molecule has 2 aromatic carbocycles. The lowest BCUT2D eigenvalue weighted by molar-refractivity contribution is 0.103. The maximum absolute atomic E-state index is 11.8. The summed E-state index contributed by atoms with van der Waals surface area (Å²) in [6.07, 6.45) is 0. The molecule has 0 aliphatic carbocycles. The fourth-order valence-electron chi connectivity index (χ4n) is 1.35. The van der Waals surface area contributed by atoms with Crippen LogP contribution in [0.5, 0.6) is 0 Å². The molecule has 2 rings (SSSR count). The summed E-state index contributed by atoms with van der Waals surface area (Å²) in [5.74, 6) is 0.0752. The number of hydrogen-bond donors (Lipinski definition) is 0. The topological polar surface area (TPSA) is 17.1 Å². The summed E-state index contributed by atoms with van der Waals surface area (Å²) in [4.78, 5) is 11.8. The first-order valence-electron chi connectivity index (χ1n) is 8.53. The van der Waals surface area contributed by atoms with Crippen LogP contribution in [0.3, 0.4) is 0 Å². The molecule has 0 aliphatic heterocycles. The molecule has 0 radical (unpaired) electrons. The maximum Gasteiger partial charge on any atom is 0.193 e. The molecule has 0 aliphatic rings. The molecule has 0 N–H and O–H groups in total. The van der Waals surface area contributed by atoms with Gasteiger partial charge in [0.25, 0.3) is 0 Å². The lowest BCUT2D eigenvalue weighted by atomic mass is 10.0. The van der Waals surface area contributed by atoms with E-state index in [0.717, 1.165) is 11.1 Å². The monoisotopic (exact) mass is 336 g/mol. The molecule has 0 amide bonds. The summed E-state index contributed by atoms with van der Waals surface area (Å²) in [6, 6.07) is 18.6. The van der Waals surface area contributed by atoms with Crippen LogP contribution in [-0.2, 0) is 0 Å². The average Bonchev–Trinajstić information content (AvgIpc) is 2.69. The van der Waals surface area contributed by atoms with Crippen LogP contribution in [-0.4, -0.2) is 5.78 Å². The van der Waals surface area contributed by atoms with Crippen LogP contribution in [0, 0.1) is 0 Å². The van der Waals surface area contributed by atoms with Crippen molar-refractivity contribution in [2.24, 2.45) is 0 Å². The molecule has 0 saturated carbocycles. The van der Waals surface area contributed by atoms with E-state index in [9.17, 15) is 4.79 Å². The summed E-state index contributed by atoms with van der Waals surface area (Å²) in [5.41, 5.74) is 1.47. The number of carbonyl (C=O) groups is 1. The number of benzene rings is 2. The maximum atomic E-state index is 11.8. The Kier molecular flexibility index (Phi) is 32.7. The van der Waals surface area contributed by atoms with Crippen molar-refractivity contribution >= 4 is 15.7 Å². The first-order chi connectivity index (χ1) is 10.9. The largest absolute Gasteiger partial charge is 0.289 e. The Morgan fingerprint density at radius 3 is 0.957 bits per heavy atom. The van der Waals surface area contributed by atoms with Crippen LogP contribution in [0.25, 0.3) is 0 Å². The predicted molar refractivity (Wildman–Crippen MR) is 113 cm³/mol. The van der Waals surface area contributed by atoms with E-state index in [2.05, 4.69) is 0 Å². The Bertz CT molecular complexity index is 383. The van der Waals surface area contributed by atoms with E-state index in [1.807, 2.05) is 116 Å². The van der Waals surface area contributed by atoms with Gasteiger partial charge in [-0.3, -0.25) is 4.79 Å². The molecule has 0 saturated heterocycles. The molecule has 1 nitrogen and oxygen atoms in total. The van der Waals surface area contributed by atoms with Crippen LogP contribution in [0.4, 0.5) is 0 Å². The third-order valence-corrected chi connectivity index (χ3v) is 2.07. The minimum absolute atomic E-state index is 0. The molecule has 1 unspecified atom stereocenters. The Balaban J connectivity index is -0.000000176. The van der Waals surface area contributed by atoms with E-state index in [4.69, 9.17) is 0 Å². The minimum atomic E-state index is 0. The number of ketones is 1. The van der Waals surface area contributed by atoms with Crippen LogP contribution < -0.4 is 0 Å². The lowest BCUT2D eigenvalue weighted by Crippen LogP contribution is -1.99. The second-order valence-electron chi connectivity index (χ2n) is 3.06. The Labute approximate surface area is 148 Å². The van der Waals surface area contributed by atoms with Gasteiger partial charge in [-0.25, -0.2) is 0 Å². The van der Waals surface area contributed by atoms with Gasteiger partial charge in [0.1, 0.15) is 0 Å². The van der Waals surface area contributed by atoms with E-state index in [-0.39, 0.29) is 15.7 Å². The molecule has 1 atom stereocenters. The van der Waals surface area contributed by atoms with Gasteiger partial charge in [-0.15, -0.1) is 0 Å². The fraction of sp³-hybridized carbons (Fsp3) is 0.381. The molecule has 132 valence electrons. The van der Waals surface area contributed by atoms with Crippen LogP contribution in [0.15, 0.2) is 60.7 Å². The second kappa shape index (κ2) is 25.5. The molecule has 0 spiro atoms. The molecule has 0 aromatic heterocycles. The van der Waals surface area contributed by atoms with Gasteiger partial charge in [0.05, 0.1) is 0 Å². The van der Waals surface area contributed by atoms with Crippen molar-refractivity contribution in [3.63, 3.8) is 0 Å². The van der Waals surface area contributed by atoms with Crippen molar-refractivity contribution < 1.29 is 4.79 Å². The Hall–Kier alpha value is -1.46. The van der Waals surface area contributed by atoms with Gasteiger partial charge in [-0.2, -0.15) is 9.90 Å². The van der Waals surface area contributed by atoms with Crippen molar-refractivity contribution in [3.05, 3.63) is 71.8 Å². The zero-order chi connectivity index (χ0) is 17.8. The average molecular weight is 336 g/mol. The molecule has 23 heavy (non-hydrogen) atoms. The van der Waals surface area contributed by atoms with Crippen LogP contribution in [0.2, 0.25) is 0 Å². The molecule has 0 heterocycles. The van der Waals surface area contributed by atoms with Gasteiger partial charge in [0, 0.05) is 11.1 Å². The lowest BCUT2D eigenvalue weighted by Gasteiger charge is -1.99. The Morgan fingerprint density at radius 1 is 0.522 bits per heavy atom. The number of carbonyl (C=O) groups excluding carboxylic acids is 1. The van der Waals surface area contributed by atoms with Crippen molar-refractivity contribution in [2.75, 3.05) is 0 Å². The fourth-order valence-corrected chi connectivity index (χ4v) is 1.35. The first kappa shape index (κ1) is 29.5. The smallest absolute Gasteiger partial charge is 0.193 e. The van der Waals surface area contributed by atoms with Gasteiger partial charge in [-0.1, -0.05) is 116 Å². The van der Waals surface area contributed by atoms with Gasteiger partial charge < -0.3 is 0 Å². The molecule has 0 fully saturated rings. The molecule has 0 bridgehead atoms. The molecule has 2 heteroatoms. The van der Waals surface area contributed by atoms with Crippen molar-refractivity contribution in [1.82, 2.24) is 0 Å². The summed E-state index contributed by atoms with van der Waals surface area (Å²) < 4.78 is 0. The highest BCUT2D eigenvalue weighted by molar-refractivity contribution is 6.92. The third kappa shape index (κ3) is 13.9. The normalized spacial score (nSPS) is 6.96. The van der Waals surface area contributed by atoms with Gasteiger partial charge in [-0.05, 0) is 0 Å². The van der Waals surface area contributed by atoms with E-state index >= 15 is 0 Å². The minimum Gasteiger partial charge on any atom is -0.289 e. The van der Waals surface area contributed by atoms with Crippen LogP contribution in [0.1, 0.15) is 71.3 Å². The van der Waals surface area contributed by atoms with Gasteiger partial charge >= 0.3 is 0 Å². The summed E-state index contributed by atoms with van der Waals surface area (Å²) in [6.45, 7) is 16.0. The van der Waals surface area contributed by atoms with Crippen molar-refractivity contribution in [3.8, 4) is 0 Å². The standard InChI is InChI=1S/C13H10O.4C2H6.H3P/c14-13(11-7-3-1-4-8-11)12-9-5-2-6-10-12;4*1-2;/h1-10H;4*1-2H3;1H3. The zero-order valence-corrected chi connectivity index (χ0v) is 17.8. The van der Waals surface area contributed by atoms with Gasteiger partial charge in [0.15, 0.2) is 5.78 Å². The Morgan fingerprint density at radius 2 is 0.739 bits per heavy atom. The quantitative estimate of drug-likeness (QED) is 0.423. The zero-order valence-electron chi connectivity index (χ0n) is 16.4. The summed E-state index contributed by atoms with van der Waals surface area (Å²) in [7, 11) is 0. The number of rotatable bonds is 2. The van der Waals surface area contributed by atoms with E-state index in [0.29, 0.717) is 0 Å². The molecular weight excluding hydrogens is 299 g/mol. The third-order valence-electron chi connectivity index (χ3n) is 2.07. The van der Waals surface area contributed by atoms with E-state index in [1.54, 1.807) is 0 Å². The van der Waals surface area contributed by atoms with Crippen LogP contribution >= 0.6 is 9.90 Å². The predicted octanol–water partition coefficient (Wildman–Crippen LogP) is 7.08. The SMILES string of the molecule is CC.CC.CC.CC.O=C(c1ccccc1)c1ccccc1.P. The first-order valence-corrected chi connectivity index (χ1v) is 8.53. The van der Waals surface area contributed by atoms with E-state index < -0.39 is 0 Å². The van der Waals surface area contributed by atoms with E-state index in [1.165, 1.54) is 0 Å². The van der Waals surface area contributed by atoms with Crippen molar-refractivity contribution in [1.29, 1.82) is 0 Å². The van der Waals surface area contributed by atoms with Crippen molar-refractivity contribution in [2.45, 2.75) is 55.4 Å². The highest BCUT2D eigenvalue weighted by Crippen LogP contribution is 2.08. The molecular formula is C21H37OP. The second-order valence-corrected chi connectivity index (χ2v) is 3.06. The highest BCUT2D eigenvalue weighted by atomic mass is 31.0. The number of hydrogen-bond acceptors (Lipinski definition) is 1. The summed E-state index contributed by atoms with van der Waals surface area (Å²) >= 11 is 0.